The van der Waals surface area contributed by atoms with Crippen molar-refractivity contribution in [2.24, 2.45) is 5.92 Å². The van der Waals surface area contributed by atoms with E-state index in [9.17, 15) is 9.59 Å². The van der Waals surface area contributed by atoms with Crippen LogP contribution in [0.1, 0.15) is 25.8 Å². The van der Waals surface area contributed by atoms with Crippen LogP contribution >= 0.6 is 0 Å². The third kappa shape index (κ3) is 2.80. The standard InChI is InChI=1S/C15H17N3O2/c1-10(2)17-15(20)12-7-14(19)18(9-12)13-6-4-3-5-11(13)8-16/h3-6,10,12H,7,9H2,1-2H3,(H,17,20). The van der Waals surface area contributed by atoms with Gasteiger partial charge in [-0.3, -0.25) is 9.59 Å². The maximum atomic E-state index is 12.1. The van der Waals surface area contributed by atoms with Crippen LogP contribution in [0, 0.1) is 17.2 Å². The maximum Gasteiger partial charge on any atom is 0.227 e. The number of rotatable bonds is 3. The minimum absolute atomic E-state index is 0.0537. The molecule has 1 heterocycles. The number of amides is 2. The molecule has 5 nitrogen and oxygen atoms in total. The average molecular weight is 271 g/mol. The van der Waals surface area contributed by atoms with E-state index in [0.29, 0.717) is 17.8 Å². The Balaban J connectivity index is 2.18. The topological polar surface area (TPSA) is 73.2 Å². The molecule has 0 saturated carbocycles. The summed E-state index contributed by atoms with van der Waals surface area (Å²) in [4.78, 5) is 25.6. The zero-order valence-electron chi connectivity index (χ0n) is 11.6. The molecule has 1 fully saturated rings. The van der Waals surface area contributed by atoms with Gasteiger partial charge in [-0.15, -0.1) is 0 Å². The Morgan fingerprint density at radius 1 is 1.45 bits per heavy atom. The molecule has 1 unspecified atom stereocenters. The van der Waals surface area contributed by atoms with Gasteiger partial charge in [-0.2, -0.15) is 5.26 Å². The van der Waals surface area contributed by atoms with Crippen molar-refractivity contribution in [1.29, 1.82) is 5.26 Å². The second kappa shape index (κ2) is 5.74. The molecule has 1 N–H and O–H groups in total. The molecule has 5 heteroatoms. The van der Waals surface area contributed by atoms with Gasteiger partial charge >= 0.3 is 0 Å². The van der Waals surface area contributed by atoms with Gasteiger partial charge in [0.2, 0.25) is 11.8 Å². The maximum absolute atomic E-state index is 12.1. The molecule has 1 saturated heterocycles. The van der Waals surface area contributed by atoms with E-state index in [1.54, 1.807) is 24.3 Å². The minimum Gasteiger partial charge on any atom is -0.354 e. The second-order valence-corrected chi connectivity index (χ2v) is 5.20. The predicted molar refractivity (Wildman–Crippen MR) is 74.9 cm³/mol. The lowest BCUT2D eigenvalue weighted by Gasteiger charge is -2.18. The van der Waals surface area contributed by atoms with Crippen LogP contribution in [-0.2, 0) is 9.59 Å². The minimum atomic E-state index is -0.350. The summed E-state index contributed by atoms with van der Waals surface area (Å²) < 4.78 is 0. The summed E-state index contributed by atoms with van der Waals surface area (Å²) in [5.41, 5.74) is 1.03. The summed E-state index contributed by atoms with van der Waals surface area (Å²) in [6.07, 6.45) is 0.193. The molecule has 1 atom stereocenters. The number of hydrogen-bond donors (Lipinski definition) is 1. The summed E-state index contributed by atoms with van der Waals surface area (Å²) in [5.74, 6) is -0.571. The molecule has 104 valence electrons. The van der Waals surface area contributed by atoms with Gasteiger partial charge in [0.25, 0.3) is 0 Å². The van der Waals surface area contributed by atoms with Crippen LogP contribution in [-0.4, -0.2) is 24.4 Å². The largest absolute Gasteiger partial charge is 0.354 e. The van der Waals surface area contributed by atoms with Crippen molar-refractivity contribution in [3.63, 3.8) is 0 Å². The highest BCUT2D eigenvalue weighted by Gasteiger charge is 2.35. The van der Waals surface area contributed by atoms with Gasteiger partial charge in [0.15, 0.2) is 0 Å². The van der Waals surface area contributed by atoms with E-state index < -0.39 is 0 Å². The van der Waals surface area contributed by atoms with Crippen LogP contribution in [0.15, 0.2) is 24.3 Å². The monoisotopic (exact) mass is 271 g/mol. The highest BCUT2D eigenvalue weighted by Crippen LogP contribution is 2.27. The van der Waals surface area contributed by atoms with Crippen molar-refractivity contribution < 1.29 is 9.59 Å². The number of nitrogens with zero attached hydrogens (tertiary/aromatic N) is 2. The Morgan fingerprint density at radius 2 is 2.15 bits per heavy atom. The second-order valence-electron chi connectivity index (χ2n) is 5.20. The van der Waals surface area contributed by atoms with E-state index in [1.807, 2.05) is 13.8 Å². The molecule has 0 spiro atoms. The first-order valence-electron chi connectivity index (χ1n) is 6.62. The number of hydrogen-bond acceptors (Lipinski definition) is 3. The lowest BCUT2D eigenvalue weighted by Crippen LogP contribution is -2.37. The number of carbonyl (C=O) groups excluding carboxylic acids is 2. The van der Waals surface area contributed by atoms with Crippen molar-refractivity contribution in [3.8, 4) is 6.07 Å². The SMILES string of the molecule is CC(C)NC(=O)C1CC(=O)N(c2ccccc2C#N)C1. The van der Waals surface area contributed by atoms with Gasteiger partial charge in [0.05, 0.1) is 17.2 Å². The summed E-state index contributed by atoms with van der Waals surface area (Å²) >= 11 is 0. The van der Waals surface area contributed by atoms with E-state index in [0.717, 1.165) is 0 Å². The third-order valence-corrected chi connectivity index (χ3v) is 3.24. The highest BCUT2D eigenvalue weighted by molar-refractivity contribution is 6.01. The number of nitrogens with one attached hydrogen (secondary N) is 1. The molecular formula is C15H17N3O2. The fraction of sp³-hybridized carbons (Fsp3) is 0.400. The number of para-hydroxylation sites is 1. The van der Waals surface area contributed by atoms with E-state index in [-0.39, 0.29) is 30.2 Å². The molecule has 1 aliphatic heterocycles. The molecule has 20 heavy (non-hydrogen) atoms. The average Bonchev–Trinajstić information content (AvgIpc) is 2.80. The summed E-state index contributed by atoms with van der Waals surface area (Å²) in [6.45, 7) is 4.10. The van der Waals surface area contributed by atoms with Crippen molar-refractivity contribution in [2.75, 3.05) is 11.4 Å². The van der Waals surface area contributed by atoms with Crippen LogP contribution < -0.4 is 10.2 Å². The van der Waals surface area contributed by atoms with Crippen LogP contribution in [0.25, 0.3) is 0 Å². The van der Waals surface area contributed by atoms with Crippen LogP contribution in [0.5, 0.6) is 0 Å². The zero-order chi connectivity index (χ0) is 14.7. The predicted octanol–water partition coefficient (Wildman–Crippen LogP) is 1.44. The third-order valence-electron chi connectivity index (χ3n) is 3.24. The fourth-order valence-corrected chi connectivity index (χ4v) is 2.32. The molecule has 2 amide bonds. The first-order valence-corrected chi connectivity index (χ1v) is 6.62. The quantitative estimate of drug-likeness (QED) is 0.904. The summed E-state index contributed by atoms with van der Waals surface area (Å²) in [6, 6.07) is 9.07. The zero-order valence-corrected chi connectivity index (χ0v) is 11.6. The molecular weight excluding hydrogens is 254 g/mol. The van der Waals surface area contributed by atoms with Crippen LogP contribution in [0.3, 0.4) is 0 Å². The molecule has 2 rings (SSSR count). The fourth-order valence-electron chi connectivity index (χ4n) is 2.32. The molecule has 1 aromatic rings. The van der Waals surface area contributed by atoms with Crippen molar-refractivity contribution in [2.45, 2.75) is 26.3 Å². The Hall–Kier alpha value is -2.35. The van der Waals surface area contributed by atoms with Gasteiger partial charge < -0.3 is 10.2 Å². The number of nitriles is 1. The lowest BCUT2D eigenvalue weighted by atomic mass is 10.1. The molecule has 0 aromatic heterocycles. The Labute approximate surface area is 118 Å². The molecule has 0 radical (unpaired) electrons. The van der Waals surface area contributed by atoms with E-state index in [4.69, 9.17) is 5.26 Å². The molecule has 1 aliphatic rings. The Kier molecular flexibility index (Phi) is 4.04. The van der Waals surface area contributed by atoms with E-state index >= 15 is 0 Å². The molecule has 0 bridgehead atoms. The number of benzene rings is 1. The van der Waals surface area contributed by atoms with Crippen LogP contribution in [0.4, 0.5) is 5.69 Å². The van der Waals surface area contributed by atoms with Crippen molar-refractivity contribution in [3.05, 3.63) is 29.8 Å². The first-order chi connectivity index (χ1) is 9.52. The highest BCUT2D eigenvalue weighted by atomic mass is 16.2. The van der Waals surface area contributed by atoms with Crippen LogP contribution in [0.2, 0.25) is 0 Å². The van der Waals surface area contributed by atoms with Gasteiger partial charge in [-0.1, -0.05) is 12.1 Å². The first kappa shape index (κ1) is 14.1. The number of anilines is 1. The summed E-state index contributed by atoms with van der Waals surface area (Å²) in [7, 11) is 0. The van der Waals surface area contributed by atoms with Crippen molar-refractivity contribution >= 4 is 17.5 Å². The van der Waals surface area contributed by atoms with Gasteiger partial charge in [0, 0.05) is 19.0 Å². The normalized spacial score (nSPS) is 18.2. The van der Waals surface area contributed by atoms with E-state index in [1.165, 1.54) is 4.90 Å². The van der Waals surface area contributed by atoms with Gasteiger partial charge in [-0.05, 0) is 26.0 Å². The molecule has 1 aromatic carbocycles. The van der Waals surface area contributed by atoms with Gasteiger partial charge in [-0.25, -0.2) is 0 Å². The summed E-state index contributed by atoms with van der Waals surface area (Å²) in [5, 5.41) is 11.9. The smallest absolute Gasteiger partial charge is 0.227 e. The van der Waals surface area contributed by atoms with Gasteiger partial charge in [0.1, 0.15) is 6.07 Å². The van der Waals surface area contributed by atoms with E-state index in [2.05, 4.69) is 11.4 Å². The van der Waals surface area contributed by atoms with Crippen molar-refractivity contribution in [1.82, 2.24) is 5.32 Å². The Bertz CT molecular complexity index is 575. The lowest BCUT2D eigenvalue weighted by molar-refractivity contribution is -0.126. The Morgan fingerprint density at radius 3 is 2.80 bits per heavy atom. The molecule has 0 aliphatic carbocycles. The number of carbonyl (C=O) groups is 2.